The van der Waals surface area contributed by atoms with Crippen LogP contribution in [0.25, 0.3) is 0 Å². The van der Waals surface area contributed by atoms with Crippen molar-refractivity contribution in [2.75, 3.05) is 21.3 Å². The topological polar surface area (TPSA) is 27.7 Å². The van der Waals surface area contributed by atoms with Gasteiger partial charge in [-0.1, -0.05) is 0 Å². The molecule has 0 aromatic carbocycles. The summed E-state index contributed by atoms with van der Waals surface area (Å²) in [5.74, 6) is 4.74. The Morgan fingerprint density at radius 3 is 2.07 bits per heavy atom. The summed E-state index contributed by atoms with van der Waals surface area (Å²) in [5.41, 5.74) is 0. The molecular weight excluding hydrogens is 332 g/mol. The predicted molar refractivity (Wildman–Crippen MR) is 60.7 cm³/mol. The third kappa shape index (κ3) is 2.72. The molecule has 15 heavy (non-hydrogen) atoms. The molecule has 5 heteroatoms. The molecule has 0 unspecified atom stereocenters. The molecule has 0 heterocycles. The first-order valence-corrected chi connectivity index (χ1v) is 15.5. The van der Waals surface area contributed by atoms with Crippen molar-refractivity contribution in [3.63, 3.8) is 0 Å². The van der Waals surface area contributed by atoms with Crippen LogP contribution in [0.15, 0.2) is 19.8 Å². The molecule has 1 rings (SSSR count). The van der Waals surface area contributed by atoms with Gasteiger partial charge < -0.3 is 0 Å². The summed E-state index contributed by atoms with van der Waals surface area (Å²) >= 11 is -4.63. The Morgan fingerprint density at radius 2 is 1.67 bits per heavy atom. The zero-order chi connectivity index (χ0) is 11.5. The van der Waals surface area contributed by atoms with Crippen LogP contribution in [0.5, 0.6) is 0 Å². The third-order valence-corrected chi connectivity index (χ3v) is 15.0. The second-order valence-electron chi connectivity index (χ2n) is 3.86. The van der Waals surface area contributed by atoms with Gasteiger partial charge in [0, 0.05) is 0 Å². The zero-order valence-electron chi connectivity index (χ0n) is 10.2. The summed E-state index contributed by atoms with van der Waals surface area (Å²) in [5, 5.41) is 0. The van der Waals surface area contributed by atoms with Gasteiger partial charge in [0.05, 0.1) is 0 Å². The minimum absolute atomic E-state index is 0.963. The third-order valence-electron chi connectivity index (χ3n) is 2.77. The van der Waals surface area contributed by atoms with Crippen molar-refractivity contribution >= 4 is 14.3 Å². The monoisotopic (exact) mass is 352 g/mol. The second kappa shape index (κ2) is 5.92. The standard InChI is InChI=1S/C7H11Ge.3CH3O.Zr/c1-8(2)7-5-3-4-6-7;3*1-2;/h3,5,8H,4H2,1-2H3;3*1H3;/q;3*-1;+3. The fraction of sp³-hybridized carbons (Fsp3) is 0.600. The van der Waals surface area contributed by atoms with E-state index < -0.39 is 35.9 Å². The molecule has 0 saturated carbocycles. The average Bonchev–Trinajstić information content (AvgIpc) is 2.71. The van der Waals surface area contributed by atoms with Crippen LogP contribution in [-0.4, -0.2) is 35.7 Å². The Morgan fingerprint density at radius 1 is 1.13 bits per heavy atom. The van der Waals surface area contributed by atoms with E-state index in [0.717, 1.165) is 6.42 Å². The van der Waals surface area contributed by atoms with Crippen molar-refractivity contribution in [3.05, 3.63) is 19.8 Å². The Balaban J connectivity index is 3.09. The molecule has 0 aromatic heterocycles. The van der Waals surface area contributed by atoms with Crippen LogP contribution in [0.2, 0.25) is 11.5 Å². The minimum atomic E-state index is -3.35. The summed E-state index contributed by atoms with van der Waals surface area (Å²) in [7, 11) is 5.12. The van der Waals surface area contributed by atoms with Gasteiger partial charge in [0.15, 0.2) is 0 Å². The van der Waals surface area contributed by atoms with E-state index in [1.807, 2.05) is 0 Å². The van der Waals surface area contributed by atoms with E-state index in [9.17, 15) is 0 Å². The summed E-state index contributed by atoms with van der Waals surface area (Å²) in [6, 6.07) is 0. The molecule has 1 aliphatic rings. The molecule has 0 fully saturated rings. The first-order chi connectivity index (χ1) is 7.11. The van der Waals surface area contributed by atoms with Gasteiger partial charge in [-0.15, -0.1) is 0 Å². The number of rotatable bonds is 5. The van der Waals surface area contributed by atoms with Gasteiger partial charge in [0.1, 0.15) is 0 Å². The van der Waals surface area contributed by atoms with Gasteiger partial charge in [0.2, 0.25) is 0 Å². The van der Waals surface area contributed by atoms with Gasteiger partial charge in [-0.3, -0.25) is 0 Å². The molecule has 0 aromatic rings. The second-order valence-corrected chi connectivity index (χ2v) is 17.2. The van der Waals surface area contributed by atoms with E-state index in [1.54, 1.807) is 21.3 Å². The normalized spacial score (nSPS) is 16.9. The maximum absolute atomic E-state index is 5.60. The summed E-state index contributed by atoms with van der Waals surface area (Å²) in [6.45, 7) is 0. The maximum atomic E-state index is 5.60. The van der Waals surface area contributed by atoms with E-state index in [0.29, 0.717) is 0 Å². The Hall–Kier alpha value is 0.786. The van der Waals surface area contributed by atoms with E-state index in [1.165, 1.54) is 7.69 Å². The molecule has 0 radical (unpaired) electrons. The molecule has 0 N–H and O–H groups in total. The molecular formula is C10H20GeO3Zr. The van der Waals surface area contributed by atoms with Gasteiger partial charge >= 0.3 is 103 Å². The molecule has 0 amide bonds. The zero-order valence-corrected chi connectivity index (χ0v) is 15.0. The molecule has 0 spiro atoms. The van der Waals surface area contributed by atoms with Crippen molar-refractivity contribution in [1.82, 2.24) is 0 Å². The molecule has 1 aliphatic carbocycles. The van der Waals surface area contributed by atoms with Gasteiger partial charge in [0.25, 0.3) is 0 Å². The molecule has 86 valence electrons. The van der Waals surface area contributed by atoms with Crippen LogP contribution in [-0.2, 0) is 30.0 Å². The molecule has 0 saturated heterocycles. The van der Waals surface area contributed by atoms with Crippen molar-refractivity contribution in [1.29, 1.82) is 0 Å². The van der Waals surface area contributed by atoms with Crippen LogP contribution in [0, 0.1) is 0 Å². The van der Waals surface area contributed by atoms with Gasteiger partial charge in [-0.25, -0.2) is 0 Å². The van der Waals surface area contributed by atoms with Crippen LogP contribution in [0.3, 0.4) is 0 Å². The average molecular weight is 352 g/mol. The van der Waals surface area contributed by atoms with Crippen molar-refractivity contribution in [3.8, 4) is 0 Å². The predicted octanol–water partition coefficient (Wildman–Crippen LogP) is 2.06. The van der Waals surface area contributed by atoms with Crippen LogP contribution < -0.4 is 0 Å². The molecule has 0 atom stereocenters. The fourth-order valence-electron chi connectivity index (χ4n) is 1.98. The van der Waals surface area contributed by atoms with Crippen LogP contribution in [0.4, 0.5) is 0 Å². The molecule has 3 nitrogen and oxygen atoms in total. The van der Waals surface area contributed by atoms with E-state index in [2.05, 4.69) is 23.7 Å². The van der Waals surface area contributed by atoms with Gasteiger partial charge in [-0.2, -0.15) is 0 Å². The number of allylic oxidation sites excluding steroid dienone is 4. The summed E-state index contributed by atoms with van der Waals surface area (Å²) < 4.78 is 19.7. The Labute approximate surface area is 103 Å². The quantitative estimate of drug-likeness (QED) is 0.709. The van der Waals surface area contributed by atoms with E-state index in [4.69, 9.17) is 8.44 Å². The van der Waals surface area contributed by atoms with Crippen molar-refractivity contribution in [2.24, 2.45) is 0 Å². The van der Waals surface area contributed by atoms with Gasteiger partial charge in [-0.05, 0) is 0 Å². The molecule has 0 aliphatic heterocycles. The number of hydrogen-bond acceptors (Lipinski definition) is 3. The fourth-order valence-corrected chi connectivity index (χ4v) is 15.7. The number of hydrogen-bond donors (Lipinski definition) is 0. The van der Waals surface area contributed by atoms with Crippen molar-refractivity contribution in [2.45, 2.75) is 17.9 Å². The summed E-state index contributed by atoms with van der Waals surface area (Å²) in [4.78, 5) is 0. The first-order valence-electron chi connectivity index (χ1n) is 5.16. The summed E-state index contributed by atoms with van der Waals surface area (Å²) in [6.07, 6.45) is 5.42. The van der Waals surface area contributed by atoms with Crippen molar-refractivity contribution < 1.29 is 30.0 Å². The Bertz CT molecular complexity index is 274. The first kappa shape index (κ1) is 13.8. The van der Waals surface area contributed by atoms with Crippen LogP contribution in [0.1, 0.15) is 6.42 Å². The SMILES string of the molecule is C[O][Zr]([O]C)([O]C)[C]1=[C]([GeH]([CH3])[CH3])C=CC1. The van der Waals surface area contributed by atoms with E-state index in [-0.39, 0.29) is 0 Å². The van der Waals surface area contributed by atoms with Crippen LogP contribution >= 0.6 is 0 Å². The Kier molecular flexibility index (Phi) is 5.47. The van der Waals surface area contributed by atoms with E-state index >= 15 is 0 Å². The molecule has 0 bridgehead atoms.